The molecule has 5 heteroatoms. The van der Waals surface area contributed by atoms with E-state index in [9.17, 15) is 0 Å². The molecule has 0 fully saturated rings. The van der Waals surface area contributed by atoms with Gasteiger partial charge in [-0.15, -0.1) is 0 Å². The highest BCUT2D eigenvalue weighted by molar-refractivity contribution is 6.00. The van der Waals surface area contributed by atoms with E-state index in [1.807, 2.05) is 12.4 Å². The van der Waals surface area contributed by atoms with Gasteiger partial charge in [0, 0.05) is 100 Å². The lowest BCUT2D eigenvalue weighted by atomic mass is 9.95. The molecule has 0 spiro atoms. The molecular formula is C61H49N5. The van der Waals surface area contributed by atoms with Crippen LogP contribution in [0.5, 0.6) is 0 Å². The standard InChI is InChI=1S/C61H49N5/c1-40-24-25-41(2)61(28-40)66(50-31-46(55-38-64(4)59-22-14-12-20-52(55)59)29-48(33-50)57-35-45(26-27-62-57)43-16-8-6-9-17-43)51-32-47(56-39-65(5)60-23-15-13-21-53(56)60)30-49(34-51)58-36-54(42(3)37-63-58)44-18-10-7-11-19-44/h6-39H,1-5H3. The topological polar surface area (TPSA) is 38.9 Å². The molecule has 11 rings (SSSR count). The largest absolute Gasteiger partial charge is 0.350 e. The van der Waals surface area contributed by atoms with E-state index in [0.717, 1.165) is 67.4 Å². The van der Waals surface area contributed by atoms with E-state index in [0.29, 0.717) is 0 Å². The highest BCUT2D eigenvalue weighted by Crippen LogP contribution is 2.46. The van der Waals surface area contributed by atoms with Crippen LogP contribution in [0.3, 0.4) is 0 Å². The van der Waals surface area contributed by atoms with Crippen LogP contribution in [0, 0.1) is 20.8 Å². The maximum absolute atomic E-state index is 5.15. The van der Waals surface area contributed by atoms with E-state index >= 15 is 0 Å². The Hall–Kier alpha value is -8.28. The van der Waals surface area contributed by atoms with Crippen molar-refractivity contribution in [3.8, 4) is 67.0 Å². The molecule has 0 amide bonds. The van der Waals surface area contributed by atoms with Gasteiger partial charge in [-0.2, -0.15) is 0 Å². The van der Waals surface area contributed by atoms with Crippen LogP contribution in [0.2, 0.25) is 0 Å². The highest BCUT2D eigenvalue weighted by atomic mass is 15.1. The summed E-state index contributed by atoms with van der Waals surface area (Å²) in [7, 11) is 4.26. The number of nitrogens with zero attached hydrogens (tertiary/aromatic N) is 5. The number of hydrogen-bond donors (Lipinski definition) is 0. The van der Waals surface area contributed by atoms with Crippen LogP contribution in [0.25, 0.3) is 88.8 Å². The van der Waals surface area contributed by atoms with Crippen molar-refractivity contribution in [1.82, 2.24) is 19.1 Å². The summed E-state index contributed by atoms with van der Waals surface area (Å²) in [6.07, 6.45) is 8.47. The maximum atomic E-state index is 5.15. The zero-order chi connectivity index (χ0) is 44.9. The van der Waals surface area contributed by atoms with Crippen molar-refractivity contribution in [1.29, 1.82) is 0 Å². The lowest BCUT2D eigenvalue weighted by molar-refractivity contribution is 0.970. The predicted molar refractivity (Wildman–Crippen MR) is 276 cm³/mol. The molecule has 0 atom stereocenters. The Balaban J connectivity index is 1.20. The van der Waals surface area contributed by atoms with Gasteiger partial charge in [-0.3, -0.25) is 9.97 Å². The van der Waals surface area contributed by atoms with Gasteiger partial charge in [0.1, 0.15) is 0 Å². The van der Waals surface area contributed by atoms with Crippen molar-refractivity contribution in [2.45, 2.75) is 20.8 Å². The summed E-state index contributed by atoms with van der Waals surface area (Å²) in [6.45, 7) is 6.53. The number of benzene rings is 7. The molecule has 0 aliphatic rings. The van der Waals surface area contributed by atoms with Crippen LogP contribution < -0.4 is 4.90 Å². The summed E-state index contributed by atoms with van der Waals surface area (Å²) < 4.78 is 4.46. The molecule has 0 unspecified atom stereocenters. The molecule has 5 nitrogen and oxygen atoms in total. The fourth-order valence-electron chi connectivity index (χ4n) is 9.63. The number of rotatable bonds is 9. The third-order valence-electron chi connectivity index (χ3n) is 13.0. The van der Waals surface area contributed by atoms with Crippen molar-refractivity contribution >= 4 is 38.9 Å². The molecule has 0 aliphatic carbocycles. The van der Waals surface area contributed by atoms with E-state index in [2.05, 4.69) is 243 Å². The van der Waals surface area contributed by atoms with Crippen molar-refractivity contribution in [3.63, 3.8) is 0 Å². The van der Waals surface area contributed by atoms with Crippen LogP contribution in [0.1, 0.15) is 16.7 Å². The molecule has 66 heavy (non-hydrogen) atoms. The predicted octanol–water partition coefficient (Wildman–Crippen LogP) is 15.9. The summed E-state index contributed by atoms with van der Waals surface area (Å²) in [5.74, 6) is 0. The second-order valence-corrected chi connectivity index (χ2v) is 17.6. The number of para-hydroxylation sites is 2. The van der Waals surface area contributed by atoms with Crippen LogP contribution in [0.15, 0.2) is 207 Å². The molecule has 0 saturated carbocycles. The summed E-state index contributed by atoms with van der Waals surface area (Å²) in [6, 6.07) is 65.8. The number of fused-ring (bicyclic) bond motifs is 2. The number of pyridine rings is 2. The minimum atomic E-state index is 0.906. The molecule has 4 aromatic heterocycles. The third-order valence-corrected chi connectivity index (χ3v) is 13.0. The van der Waals surface area contributed by atoms with Gasteiger partial charge in [-0.05, 0) is 144 Å². The summed E-state index contributed by atoms with van der Waals surface area (Å²) >= 11 is 0. The molecule has 0 bridgehead atoms. The minimum Gasteiger partial charge on any atom is -0.350 e. The van der Waals surface area contributed by atoms with Crippen LogP contribution >= 0.6 is 0 Å². The molecular weight excluding hydrogens is 803 g/mol. The first-order valence-corrected chi connectivity index (χ1v) is 22.6. The molecule has 318 valence electrons. The van der Waals surface area contributed by atoms with E-state index in [-0.39, 0.29) is 0 Å². The smallest absolute Gasteiger partial charge is 0.0709 e. The van der Waals surface area contributed by atoms with Gasteiger partial charge in [-0.25, -0.2) is 0 Å². The van der Waals surface area contributed by atoms with Crippen molar-refractivity contribution in [3.05, 3.63) is 223 Å². The van der Waals surface area contributed by atoms with Gasteiger partial charge >= 0.3 is 0 Å². The van der Waals surface area contributed by atoms with Gasteiger partial charge < -0.3 is 14.0 Å². The fourth-order valence-corrected chi connectivity index (χ4v) is 9.63. The Bertz CT molecular complexity index is 3600. The Morgan fingerprint density at radius 2 is 0.924 bits per heavy atom. The molecule has 4 heterocycles. The second kappa shape index (κ2) is 16.7. The molecule has 0 N–H and O–H groups in total. The molecule has 0 radical (unpaired) electrons. The van der Waals surface area contributed by atoms with Gasteiger partial charge in [0.25, 0.3) is 0 Å². The number of aromatic nitrogens is 4. The zero-order valence-electron chi connectivity index (χ0n) is 37.9. The average molecular weight is 852 g/mol. The quantitative estimate of drug-likeness (QED) is 0.145. The molecule has 7 aromatic carbocycles. The number of aryl methyl sites for hydroxylation is 5. The third kappa shape index (κ3) is 7.44. The lowest BCUT2D eigenvalue weighted by Crippen LogP contribution is -2.12. The first-order chi connectivity index (χ1) is 32.3. The number of hydrogen-bond acceptors (Lipinski definition) is 3. The summed E-state index contributed by atoms with van der Waals surface area (Å²) in [5.41, 5.74) is 22.1. The monoisotopic (exact) mass is 851 g/mol. The van der Waals surface area contributed by atoms with Crippen molar-refractivity contribution < 1.29 is 0 Å². The average Bonchev–Trinajstić information content (AvgIpc) is 3.89. The second-order valence-electron chi connectivity index (χ2n) is 17.6. The zero-order valence-corrected chi connectivity index (χ0v) is 37.9. The summed E-state index contributed by atoms with van der Waals surface area (Å²) in [4.78, 5) is 12.7. The van der Waals surface area contributed by atoms with E-state index in [1.54, 1.807) is 0 Å². The van der Waals surface area contributed by atoms with Crippen LogP contribution in [-0.4, -0.2) is 19.1 Å². The first-order valence-electron chi connectivity index (χ1n) is 22.6. The van der Waals surface area contributed by atoms with Crippen LogP contribution in [-0.2, 0) is 14.1 Å². The van der Waals surface area contributed by atoms with Gasteiger partial charge in [0.2, 0.25) is 0 Å². The summed E-state index contributed by atoms with van der Waals surface area (Å²) in [5, 5.41) is 2.40. The Kier molecular flexibility index (Phi) is 10.2. The molecule has 0 saturated heterocycles. The van der Waals surface area contributed by atoms with Gasteiger partial charge in [0.05, 0.1) is 11.4 Å². The number of anilines is 3. The van der Waals surface area contributed by atoms with Crippen molar-refractivity contribution in [2.24, 2.45) is 14.1 Å². The first kappa shape index (κ1) is 40.5. The van der Waals surface area contributed by atoms with Crippen molar-refractivity contribution in [2.75, 3.05) is 4.90 Å². The fraction of sp³-hybridized carbons (Fsp3) is 0.0820. The molecule has 11 aromatic rings. The van der Waals surface area contributed by atoms with Gasteiger partial charge in [-0.1, -0.05) is 109 Å². The highest BCUT2D eigenvalue weighted by Gasteiger charge is 2.22. The van der Waals surface area contributed by atoms with E-state index in [4.69, 9.17) is 9.97 Å². The van der Waals surface area contributed by atoms with Crippen LogP contribution in [0.4, 0.5) is 17.1 Å². The Labute approximate surface area is 386 Å². The van der Waals surface area contributed by atoms with E-state index < -0.39 is 0 Å². The maximum Gasteiger partial charge on any atom is 0.0709 e. The minimum absolute atomic E-state index is 0.906. The Morgan fingerprint density at radius 1 is 0.394 bits per heavy atom. The van der Waals surface area contributed by atoms with Gasteiger partial charge in [0.15, 0.2) is 0 Å². The normalized spacial score (nSPS) is 11.4. The van der Waals surface area contributed by atoms with E-state index in [1.165, 1.54) is 55.2 Å². The Morgan fingerprint density at radius 3 is 1.53 bits per heavy atom. The lowest BCUT2D eigenvalue weighted by Gasteiger charge is -2.29. The SMILES string of the molecule is Cc1ccc(C)c(N(c2cc(-c3cc(-c4ccccc4)ccn3)cc(-c3cn(C)c4ccccc34)c2)c2cc(-c3cc(-c4ccccc4)c(C)cn3)cc(-c3cn(C)c4ccccc34)c2)c1. The molecule has 0 aliphatic heterocycles.